The number of aliphatic hydroxyl groups excluding tert-OH is 1. The minimum absolute atomic E-state index is 0.102. The second-order valence-electron chi connectivity index (χ2n) is 29.2. The number of carbonyl (C=O) groups excluding carboxylic acids is 4. The Morgan fingerprint density at radius 2 is 0.479 bits per heavy atom. The maximum atomic E-state index is 13.1. The van der Waals surface area contributed by atoms with Gasteiger partial charge in [-0.1, -0.05) is 344 Å². The molecule has 19 heteroatoms. The molecule has 0 aliphatic rings. The highest BCUT2D eigenvalue weighted by molar-refractivity contribution is 7.47. The average Bonchev–Trinajstić information content (AvgIpc) is 2.41. The van der Waals surface area contributed by atoms with Gasteiger partial charge < -0.3 is 33.8 Å². The van der Waals surface area contributed by atoms with Crippen LogP contribution in [0.2, 0.25) is 0 Å². The van der Waals surface area contributed by atoms with Crippen LogP contribution in [0.5, 0.6) is 0 Å². The van der Waals surface area contributed by atoms with Gasteiger partial charge in [0.2, 0.25) is 0 Å². The van der Waals surface area contributed by atoms with Crippen LogP contribution in [0, 0.1) is 17.8 Å². The SMILES string of the molecule is CCCCCCCCCCCCCCCCCCCCCCCC(=O)O[C@H](COC(=O)CCCCCCCCCCCCCCCC(C)C)COP(=O)(O)OC[C@@H](O)COP(=O)(O)OC[C@@H](COC(=O)CCCCCCCCC(C)C)OC(=O)CCCCCCCCCC(C)C. The largest absolute Gasteiger partial charge is 0.472 e. The molecule has 5 atom stereocenters. The zero-order valence-corrected chi connectivity index (χ0v) is 64.6. The molecule has 0 fully saturated rings. The van der Waals surface area contributed by atoms with E-state index in [0.717, 1.165) is 102 Å². The van der Waals surface area contributed by atoms with E-state index in [0.29, 0.717) is 37.5 Å². The van der Waals surface area contributed by atoms with Gasteiger partial charge in [-0.2, -0.15) is 0 Å². The van der Waals surface area contributed by atoms with E-state index < -0.39 is 97.5 Å². The number of hydrogen-bond acceptors (Lipinski definition) is 15. The lowest BCUT2D eigenvalue weighted by Gasteiger charge is -2.21. The van der Waals surface area contributed by atoms with E-state index >= 15 is 0 Å². The van der Waals surface area contributed by atoms with Crippen molar-refractivity contribution in [3.05, 3.63) is 0 Å². The number of rotatable bonds is 75. The van der Waals surface area contributed by atoms with E-state index in [1.807, 2.05) is 0 Å². The van der Waals surface area contributed by atoms with Gasteiger partial charge in [-0.25, -0.2) is 9.13 Å². The Labute approximate surface area is 588 Å². The number of phosphoric ester groups is 2. The van der Waals surface area contributed by atoms with Crippen LogP contribution in [0.15, 0.2) is 0 Å². The number of phosphoric acid groups is 2. The molecule has 0 aromatic carbocycles. The second kappa shape index (κ2) is 67.5. The average molecular weight is 1410 g/mol. The van der Waals surface area contributed by atoms with Crippen molar-refractivity contribution in [3.8, 4) is 0 Å². The summed E-state index contributed by atoms with van der Waals surface area (Å²) in [6, 6.07) is 0. The topological polar surface area (TPSA) is 237 Å². The molecule has 0 bridgehead atoms. The summed E-state index contributed by atoms with van der Waals surface area (Å²) in [5.74, 6) is 0.0435. The summed E-state index contributed by atoms with van der Waals surface area (Å²) in [5, 5.41) is 10.6. The summed E-state index contributed by atoms with van der Waals surface area (Å²) in [6.45, 7) is 11.8. The molecule has 0 spiro atoms. The molecular weight excluding hydrogens is 1260 g/mol. The molecule has 0 saturated heterocycles. The molecule has 3 N–H and O–H groups in total. The van der Waals surface area contributed by atoms with Crippen molar-refractivity contribution >= 4 is 39.5 Å². The van der Waals surface area contributed by atoms with E-state index in [9.17, 15) is 43.2 Å². The van der Waals surface area contributed by atoms with E-state index in [1.54, 1.807) is 0 Å². The van der Waals surface area contributed by atoms with E-state index in [4.69, 9.17) is 37.0 Å². The molecule has 0 saturated carbocycles. The molecule has 17 nitrogen and oxygen atoms in total. The Hall–Kier alpha value is -1.94. The first-order valence-corrected chi connectivity index (χ1v) is 42.8. The molecular formula is C77H150O17P2. The number of esters is 4. The Balaban J connectivity index is 5.19. The van der Waals surface area contributed by atoms with Crippen LogP contribution in [-0.4, -0.2) is 96.7 Å². The van der Waals surface area contributed by atoms with Gasteiger partial charge in [-0.15, -0.1) is 0 Å². The number of hydrogen-bond donors (Lipinski definition) is 3. The van der Waals surface area contributed by atoms with Gasteiger partial charge in [-0.05, 0) is 43.4 Å². The van der Waals surface area contributed by atoms with Crippen LogP contribution in [0.4, 0.5) is 0 Å². The molecule has 0 rings (SSSR count). The fraction of sp³-hybridized carbons (Fsp3) is 0.948. The fourth-order valence-electron chi connectivity index (χ4n) is 11.8. The highest BCUT2D eigenvalue weighted by Crippen LogP contribution is 2.45. The standard InChI is InChI=1S/C77H150O17P2/c1-8-9-10-11-12-13-14-15-16-17-18-19-20-21-22-25-29-32-37-46-53-60-76(81)93-72(64-87-74(79)58-51-44-36-31-28-26-23-24-27-30-34-41-48-55-68(2)3)66-91-95(83,84)89-62-71(78)63-90-96(85,86)92-67-73(65-88-75(80)59-52-45-40-39-43-50-57-70(6)7)94-77(82)61-54-47-38-33-35-42-49-56-69(4)5/h68-73,78H,8-67H2,1-7H3,(H,83,84)(H,85,86)/t71-,72-,73-/m1/s1. The number of ether oxygens (including phenoxy) is 4. The van der Waals surface area contributed by atoms with Gasteiger partial charge in [0.25, 0.3) is 0 Å². The Morgan fingerprint density at radius 3 is 0.708 bits per heavy atom. The zero-order valence-electron chi connectivity index (χ0n) is 62.8. The van der Waals surface area contributed by atoms with Crippen molar-refractivity contribution in [3.63, 3.8) is 0 Å². The summed E-state index contributed by atoms with van der Waals surface area (Å²) in [6.07, 6.45) is 54.6. The van der Waals surface area contributed by atoms with Crippen LogP contribution in [-0.2, 0) is 65.4 Å². The molecule has 0 amide bonds. The normalized spacial score (nSPS) is 14.1. The van der Waals surface area contributed by atoms with Crippen molar-refractivity contribution in [1.82, 2.24) is 0 Å². The minimum atomic E-state index is -4.96. The van der Waals surface area contributed by atoms with E-state index in [2.05, 4.69) is 48.5 Å². The third-order valence-electron chi connectivity index (χ3n) is 17.9. The van der Waals surface area contributed by atoms with Crippen LogP contribution in [0.25, 0.3) is 0 Å². The van der Waals surface area contributed by atoms with Crippen LogP contribution < -0.4 is 0 Å². The van der Waals surface area contributed by atoms with Crippen LogP contribution in [0.1, 0.15) is 395 Å². The van der Waals surface area contributed by atoms with Gasteiger partial charge in [0.05, 0.1) is 26.4 Å². The monoisotopic (exact) mass is 1410 g/mol. The second-order valence-corrected chi connectivity index (χ2v) is 32.1. The van der Waals surface area contributed by atoms with Crippen molar-refractivity contribution in [2.75, 3.05) is 39.6 Å². The summed E-state index contributed by atoms with van der Waals surface area (Å²) in [5.41, 5.74) is 0. The fourth-order valence-corrected chi connectivity index (χ4v) is 13.4. The lowest BCUT2D eigenvalue weighted by molar-refractivity contribution is -0.161. The predicted octanol–water partition coefficient (Wildman–Crippen LogP) is 22.6. The summed E-state index contributed by atoms with van der Waals surface area (Å²) in [7, 11) is -9.91. The third kappa shape index (κ3) is 70.5. The number of aliphatic hydroxyl groups is 1. The first-order chi connectivity index (χ1) is 46.2. The van der Waals surface area contributed by atoms with Crippen molar-refractivity contribution in [1.29, 1.82) is 0 Å². The first-order valence-electron chi connectivity index (χ1n) is 39.8. The Morgan fingerprint density at radius 1 is 0.281 bits per heavy atom. The van der Waals surface area contributed by atoms with Crippen LogP contribution in [0.3, 0.4) is 0 Å². The number of unbranched alkanes of at least 4 members (excludes halogenated alkanes) is 43. The molecule has 2 unspecified atom stereocenters. The smallest absolute Gasteiger partial charge is 0.462 e. The lowest BCUT2D eigenvalue weighted by atomic mass is 10.0. The zero-order chi connectivity index (χ0) is 70.9. The summed E-state index contributed by atoms with van der Waals surface area (Å²) >= 11 is 0. The molecule has 0 aliphatic heterocycles. The minimum Gasteiger partial charge on any atom is -0.462 e. The molecule has 0 aliphatic carbocycles. The molecule has 0 aromatic rings. The van der Waals surface area contributed by atoms with Crippen LogP contribution >= 0.6 is 15.6 Å². The molecule has 0 radical (unpaired) electrons. The van der Waals surface area contributed by atoms with Gasteiger partial charge in [-0.3, -0.25) is 37.3 Å². The molecule has 0 aromatic heterocycles. The predicted molar refractivity (Wildman–Crippen MR) is 391 cm³/mol. The maximum absolute atomic E-state index is 13.1. The first kappa shape index (κ1) is 94.1. The number of carbonyl (C=O) groups is 4. The third-order valence-corrected chi connectivity index (χ3v) is 19.8. The van der Waals surface area contributed by atoms with Crippen molar-refractivity contribution in [2.24, 2.45) is 17.8 Å². The molecule has 570 valence electrons. The van der Waals surface area contributed by atoms with Gasteiger partial charge in [0.15, 0.2) is 12.2 Å². The lowest BCUT2D eigenvalue weighted by Crippen LogP contribution is -2.30. The molecule has 0 heterocycles. The highest BCUT2D eigenvalue weighted by Gasteiger charge is 2.30. The van der Waals surface area contributed by atoms with Gasteiger partial charge >= 0.3 is 39.5 Å². The Bertz CT molecular complexity index is 1870. The van der Waals surface area contributed by atoms with E-state index in [1.165, 1.54) is 199 Å². The van der Waals surface area contributed by atoms with Crippen molar-refractivity contribution in [2.45, 2.75) is 414 Å². The van der Waals surface area contributed by atoms with E-state index in [-0.39, 0.29) is 25.7 Å². The maximum Gasteiger partial charge on any atom is 0.472 e. The molecule has 96 heavy (non-hydrogen) atoms. The van der Waals surface area contributed by atoms with Gasteiger partial charge in [0.1, 0.15) is 19.3 Å². The summed E-state index contributed by atoms with van der Waals surface area (Å²) < 4.78 is 68.5. The summed E-state index contributed by atoms with van der Waals surface area (Å²) in [4.78, 5) is 72.7. The van der Waals surface area contributed by atoms with Crippen molar-refractivity contribution < 1.29 is 80.2 Å². The van der Waals surface area contributed by atoms with Gasteiger partial charge in [0, 0.05) is 25.7 Å². The Kier molecular flexibility index (Phi) is 66.2. The quantitative estimate of drug-likeness (QED) is 0.0222. The highest BCUT2D eigenvalue weighted by atomic mass is 31.2.